The van der Waals surface area contributed by atoms with Gasteiger partial charge in [-0.05, 0) is 28.7 Å². The van der Waals surface area contributed by atoms with Gasteiger partial charge in [0.25, 0.3) is 0 Å². The second-order valence-electron chi connectivity index (χ2n) is 1.92. The molecule has 0 amide bonds. The van der Waals surface area contributed by atoms with Crippen LogP contribution in [0.5, 0.6) is 0 Å². The van der Waals surface area contributed by atoms with E-state index in [9.17, 15) is 0 Å². The third kappa shape index (κ3) is 2.31. The Labute approximate surface area is 83.3 Å². The standard InChI is InChI=1S/C7H4ClIN2/c8-5-3-6(9)7(1-2-10)11-4-5/h3-4H,1H2. The highest BCUT2D eigenvalue weighted by atomic mass is 127. The van der Waals surface area contributed by atoms with Crippen LogP contribution in [0.4, 0.5) is 0 Å². The summed E-state index contributed by atoms with van der Waals surface area (Å²) in [4.78, 5) is 4.01. The molecule has 0 radical (unpaired) electrons. The third-order valence-corrected chi connectivity index (χ3v) is 2.27. The molecule has 1 aromatic rings. The van der Waals surface area contributed by atoms with Crippen LogP contribution in [0.15, 0.2) is 12.3 Å². The summed E-state index contributed by atoms with van der Waals surface area (Å²) in [6.07, 6.45) is 1.89. The summed E-state index contributed by atoms with van der Waals surface area (Å²) >= 11 is 7.78. The molecule has 1 heterocycles. The number of hydrogen-bond donors (Lipinski definition) is 0. The number of pyridine rings is 1. The molecule has 1 aromatic heterocycles. The Balaban J connectivity index is 3.01. The van der Waals surface area contributed by atoms with Crippen LogP contribution in [0.2, 0.25) is 5.02 Å². The molecule has 0 saturated carbocycles. The second-order valence-corrected chi connectivity index (χ2v) is 3.52. The van der Waals surface area contributed by atoms with Crippen molar-refractivity contribution >= 4 is 34.2 Å². The van der Waals surface area contributed by atoms with E-state index in [2.05, 4.69) is 27.6 Å². The van der Waals surface area contributed by atoms with Gasteiger partial charge >= 0.3 is 0 Å². The molecular formula is C7H4ClIN2. The summed E-state index contributed by atoms with van der Waals surface area (Å²) in [7, 11) is 0. The van der Waals surface area contributed by atoms with Crippen molar-refractivity contribution in [3.05, 3.63) is 26.5 Å². The molecule has 0 spiro atoms. The minimum atomic E-state index is 0.343. The minimum absolute atomic E-state index is 0.343. The van der Waals surface area contributed by atoms with E-state index in [-0.39, 0.29) is 0 Å². The van der Waals surface area contributed by atoms with Crippen molar-refractivity contribution in [2.45, 2.75) is 6.42 Å². The molecular weight excluding hydrogens is 274 g/mol. The molecule has 0 unspecified atom stereocenters. The second kappa shape index (κ2) is 3.88. The first-order valence-electron chi connectivity index (χ1n) is 2.91. The van der Waals surface area contributed by atoms with Crippen LogP contribution < -0.4 is 0 Å². The average Bonchev–Trinajstić information content (AvgIpc) is 1.95. The van der Waals surface area contributed by atoms with E-state index in [1.807, 2.05) is 6.07 Å². The van der Waals surface area contributed by atoms with Gasteiger partial charge in [-0.15, -0.1) is 0 Å². The lowest BCUT2D eigenvalue weighted by Gasteiger charge is -1.97. The molecule has 0 N–H and O–H groups in total. The highest BCUT2D eigenvalue weighted by Gasteiger charge is 2.00. The summed E-state index contributed by atoms with van der Waals surface area (Å²) in [6, 6.07) is 3.83. The molecule has 0 aliphatic heterocycles. The van der Waals surface area contributed by atoms with E-state index >= 15 is 0 Å². The molecule has 2 nitrogen and oxygen atoms in total. The SMILES string of the molecule is N#CCc1ncc(Cl)cc1I. The van der Waals surface area contributed by atoms with Gasteiger partial charge in [0, 0.05) is 9.77 Å². The summed E-state index contributed by atoms with van der Waals surface area (Å²) in [5, 5.41) is 8.99. The lowest BCUT2D eigenvalue weighted by molar-refractivity contribution is 1.10. The highest BCUT2D eigenvalue weighted by molar-refractivity contribution is 14.1. The summed E-state index contributed by atoms with van der Waals surface area (Å²) in [5.41, 5.74) is 0.789. The summed E-state index contributed by atoms with van der Waals surface area (Å²) < 4.78 is 0.941. The molecule has 0 aliphatic carbocycles. The molecule has 1 rings (SSSR count). The molecule has 11 heavy (non-hydrogen) atoms. The van der Waals surface area contributed by atoms with Crippen molar-refractivity contribution in [3.63, 3.8) is 0 Å². The fourth-order valence-electron chi connectivity index (χ4n) is 0.648. The maximum absolute atomic E-state index is 8.39. The maximum atomic E-state index is 8.39. The van der Waals surface area contributed by atoms with Crippen molar-refractivity contribution in [2.75, 3.05) is 0 Å². The van der Waals surface area contributed by atoms with Crippen LogP contribution in [0.25, 0.3) is 0 Å². The molecule has 56 valence electrons. The lowest BCUT2D eigenvalue weighted by Crippen LogP contribution is -1.91. The Kier molecular flexibility index (Phi) is 3.09. The highest BCUT2D eigenvalue weighted by Crippen LogP contribution is 2.15. The molecule has 0 fully saturated rings. The molecule has 0 saturated heterocycles. The first-order chi connectivity index (χ1) is 5.24. The van der Waals surface area contributed by atoms with Crippen LogP contribution in [-0.4, -0.2) is 4.98 Å². The first-order valence-corrected chi connectivity index (χ1v) is 4.36. The predicted molar refractivity (Wildman–Crippen MR) is 51.3 cm³/mol. The largest absolute Gasteiger partial charge is 0.258 e. The van der Waals surface area contributed by atoms with Gasteiger partial charge in [-0.3, -0.25) is 4.98 Å². The zero-order chi connectivity index (χ0) is 8.27. The maximum Gasteiger partial charge on any atom is 0.0785 e. The average molecular weight is 278 g/mol. The van der Waals surface area contributed by atoms with E-state index in [1.54, 1.807) is 12.3 Å². The van der Waals surface area contributed by atoms with Crippen LogP contribution in [0, 0.1) is 14.9 Å². The van der Waals surface area contributed by atoms with E-state index in [0.29, 0.717) is 11.4 Å². The van der Waals surface area contributed by atoms with E-state index in [4.69, 9.17) is 16.9 Å². The van der Waals surface area contributed by atoms with Gasteiger partial charge in [0.05, 0.1) is 23.2 Å². The zero-order valence-electron chi connectivity index (χ0n) is 5.51. The number of halogens is 2. The molecule has 0 atom stereocenters. The number of aromatic nitrogens is 1. The summed E-state index contributed by atoms with van der Waals surface area (Å²) in [6.45, 7) is 0. The molecule has 0 aliphatic rings. The Morgan fingerprint density at radius 1 is 1.73 bits per heavy atom. The number of hydrogen-bond acceptors (Lipinski definition) is 2. The smallest absolute Gasteiger partial charge is 0.0785 e. The Hall–Kier alpha value is -0.340. The fraction of sp³-hybridized carbons (Fsp3) is 0.143. The van der Waals surface area contributed by atoms with Crippen molar-refractivity contribution in [1.29, 1.82) is 5.26 Å². The van der Waals surface area contributed by atoms with Gasteiger partial charge in [-0.2, -0.15) is 5.26 Å². The Morgan fingerprint density at radius 2 is 2.45 bits per heavy atom. The van der Waals surface area contributed by atoms with Crippen molar-refractivity contribution in [1.82, 2.24) is 4.98 Å². The third-order valence-electron chi connectivity index (χ3n) is 1.13. The van der Waals surface area contributed by atoms with Gasteiger partial charge in [-0.25, -0.2) is 0 Å². The topological polar surface area (TPSA) is 36.7 Å². The predicted octanol–water partition coefficient (Wildman–Crippen LogP) is 2.41. The van der Waals surface area contributed by atoms with Crippen LogP contribution in [0.1, 0.15) is 5.69 Å². The molecule has 0 aromatic carbocycles. The number of nitrogens with zero attached hydrogens (tertiary/aromatic N) is 2. The number of rotatable bonds is 1. The van der Waals surface area contributed by atoms with Gasteiger partial charge in [-0.1, -0.05) is 11.6 Å². The normalized spacial score (nSPS) is 9.18. The van der Waals surface area contributed by atoms with E-state index < -0.39 is 0 Å². The Morgan fingerprint density at radius 3 is 3.00 bits per heavy atom. The van der Waals surface area contributed by atoms with Crippen molar-refractivity contribution in [3.8, 4) is 6.07 Å². The number of nitriles is 1. The minimum Gasteiger partial charge on any atom is -0.258 e. The van der Waals surface area contributed by atoms with Gasteiger partial charge in [0.2, 0.25) is 0 Å². The van der Waals surface area contributed by atoms with Gasteiger partial charge in [0.15, 0.2) is 0 Å². The van der Waals surface area contributed by atoms with Crippen LogP contribution >= 0.6 is 34.2 Å². The summed E-state index contributed by atoms with van der Waals surface area (Å²) in [5.74, 6) is 0. The van der Waals surface area contributed by atoms with Crippen molar-refractivity contribution < 1.29 is 0 Å². The van der Waals surface area contributed by atoms with Gasteiger partial charge < -0.3 is 0 Å². The van der Waals surface area contributed by atoms with Crippen LogP contribution in [-0.2, 0) is 6.42 Å². The fourth-order valence-corrected chi connectivity index (χ4v) is 1.66. The van der Waals surface area contributed by atoms with E-state index in [0.717, 1.165) is 9.26 Å². The van der Waals surface area contributed by atoms with Crippen molar-refractivity contribution in [2.24, 2.45) is 0 Å². The molecule has 4 heteroatoms. The quantitative estimate of drug-likeness (QED) is 0.740. The zero-order valence-corrected chi connectivity index (χ0v) is 8.43. The lowest BCUT2D eigenvalue weighted by atomic mass is 10.3. The monoisotopic (exact) mass is 278 g/mol. The van der Waals surface area contributed by atoms with Crippen LogP contribution in [0.3, 0.4) is 0 Å². The van der Waals surface area contributed by atoms with Gasteiger partial charge in [0.1, 0.15) is 0 Å². The molecule has 0 bridgehead atoms. The Bertz CT molecular complexity index is 306. The first kappa shape index (κ1) is 8.75. The van der Waals surface area contributed by atoms with E-state index in [1.165, 1.54) is 0 Å².